The minimum absolute atomic E-state index is 0.250. The molecule has 0 radical (unpaired) electrons. The van der Waals surface area contributed by atoms with Crippen molar-refractivity contribution in [3.8, 4) is 0 Å². The monoisotopic (exact) mass is 333 g/mol. The predicted octanol–water partition coefficient (Wildman–Crippen LogP) is 3.93. The van der Waals surface area contributed by atoms with Crippen molar-refractivity contribution in [2.75, 3.05) is 26.0 Å². The molecule has 2 N–H and O–H groups in total. The summed E-state index contributed by atoms with van der Waals surface area (Å²) in [6.07, 6.45) is 0. The summed E-state index contributed by atoms with van der Waals surface area (Å²) >= 11 is 11.3. The Morgan fingerprint density at radius 3 is 2.50 bits per heavy atom. The molecule has 0 aliphatic carbocycles. The first-order valence-electron chi connectivity index (χ1n) is 7.08. The molecule has 116 valence electrons. The van der Waals surface area contributed by atoms with Gasteiger partial charge in [0.15, 0.2) is 5.11 Å². The van der Waals surface area contributed by atoms with Gasteiger partial charge in [-0.1, -0.05) is 48.0 Å². The average Bonchev–Trinajstić information content (AvgIpc) is 2.48. The average molecular weight is 334 g/mol. The van der Waals surface area contributed by atoms with E-state index in [0.29, 0.717) is 10.1 Å². The van der Waals surface area contributed by atoms with E-state index in [4.69, 9.17) is 23.8 Å². The maximum Gasteiger partial charge on any atom is 0.170 e. The first-order chi connectivity index (χ1) is 10.6. The summed E-state index contributed by atoms with van der Waals surface area (Å²) in [6, 6.07) is 18.1. The van der Waals surface area contributed by atoms with Crippen LogP contribution in [0.1, 0.15) is 11.6 Å². The van der Waals surface area contributed by atoms with Crippen molar-refractivity contribution < 1.29 is 0 Å². The summed E-state index contributed by atoms with van der Waals surface area (Å²) in [5.41, 5.74) is 2.14. The van der Waals surface area contributed by atoms with Gasteiger partial charge in [-0.2, -0.15) is 0 Å². The highest BCUT2D eigenvalue weighted by Crippen LogP contribution is 2.17. The number of anilines is 1. The molecule has 0 aliphatic rings. The van der Waals surface area contributed by atoms with Gasteiger partial charge in [-0.05, 0) is 50.1 Å². The lowest BCUT2D eigenvalue weighted by atomic mass is 10.1. The second-order valence-corrected chi connectivity index (χ2v) is 6.08. The molecule has 2 rings (SSSR count). The fourth-order valence-corrected chi connectivity index (χ4v) is 2.60. The Morgan fingerprint density at radius 1 is 1.14 bits per heavy atom. The first-order valence-corrected chi connectivity index (χ1v) is 7.86. The molecule has 2 aromatic rings. The van der Waals surface area contributed by atoms with E-state index in [-0.39, 0.29) is 6.04 Å². The van der Waals surface area contributed by atoms with Crippen LogP contribution in [-0.2, 0) is 0 Å². The van der Waals surface area contributed by atoms with Crippen LogP contribution in [0, 0.1) is 0 Å². The topological polar surface area (TPSA) is 27.3 Å². The van der Waals surface area contributed by atoms with Crippen LogP contribution in [0.3, 0.4) is 0 Å². The zero-order chi connectivity index (χ0) is 15.9. The number of halogens is 1. The third-order valence-corrected chi connectivity index (χ3v) is 3.83. The number of hydrogen-bond acceptors (Lipinski definition) is 2. The molecule has 3 nitrogen and oxygen atoms in total. The lowest BCUT2D eigenvalue weighted by Gasteiger charge is -2.25. The van der Waals surface area contributed by atoms with Crippen molar-refractivity contribution in [2.24, 2.45) is 0 Å². The first kappa shape index (κ1) is 16.7. The van der Waals surface area contributed by atoms with E-state index in [2.05, 4.69) is 41.8 Å². The van der Waals surface area contributed by atoms with E-state index >= 15 is 0 Å². The molecule has 5 heteroatoms. The molecule has 0 saturated heterocycles. The molecule has 0 bridgehead atoms. The Balaban J connectivity index is 1.94. The van der Waals surface area contributed by atoms with Gasteiger partial charge < -0.3 is 15.5 Å². The molecular formula is C17H20ClN3S. The molecule has 0 spiro atoms. The number of nitrogens with zero attached hydrogens (tertiary/aromatic N) is 1. The number of thiocarbonyl (C=S) groups is 1. The molecule has 0 aromatic heterocycles. The van der Waals surface area contributed by atoms with E-state index in [0.717, 1.165) is 12.2 Å². The molecular weight excluding hydrogens is 314 g/mol. The standard InChI is InChI=1S/C17H20ClN3S/c1-21(2)16(13-7-4-3-5-8-13)12-19-17(22)20-15-10-6-9-14(18)11-15/h3-11,16H,12H2,1-2H3,(H2,19,20,22)/t16-/m0/s1. The summed E-state index contributed by atoms with van der Waals surface area (Å²) in [5.74, 6) is 0. The number of likely N-dealkylation sites (N-methyl/N-ethyl adjacent to an activating group) is 1. The summed E-state index contributed by atoms with van der Waals surface area (Å²) in [7, 11) is 4.12. The van der Waals surface area contributed by atoms with Crippen molar-refractivity contribution in [1.82, 2.24) is 10.2 Å². The minimum atomic E-state index is 0.250. The van der Waals surface area contributed by atoms with Crippen LogP contribution in [0.15, 0.2) is 54.6 Å². The van der Waals surface area contributed by atoms with Gasteiger partial charge in [0.1, 0.15) is 0 Å². The third kappa shape index (κ3) is 4.98. The van der Waals surface area contributed by atoms with Crippen molar-refractivity contribution in [3.63, 3.8) is 0 Å². The molecule has 0 amide bonds. The van der Waals surface area contributed by atoms with Gasteiger partial charge in [0.2, 0.25) is 0 Å². The van der Waals surface area contributed by atoms with Gasteiger partial charge in [0.25, 0.3) is 0 Å². The number of benzene rings is 2. The summed E-state index contributed by atoms with van der Waals surface area (Å²) in [4.78, 5) is 2.17. The van der Waals surface area contributed by atoms with E-state index in [1.165, 1.54) is 5.56 Å². The van der Waals surface area contributed by atoms with E-state index < -0.39 is 0 Å². The van der Waals surface area contributed by atoms with Crippen molar-refractivity contribution in [2.45, 2.75) is 6.04 Å². The van der Waals surface area contributed by atoms with Gasteiger partial charge in [0.05, 0.1) is 6.04 Å². The fourth-order valence-electron chi connectivity index (χ4n) is 2.20. The van der Waals surface area contributed by atoms with Crippen LogP contribution >= 0.6 is 23.8 Å². The van der Waals surface area contributed by atoms with Crippen LogP contribution in [0.25, 0.3) is 0 Å². The number of hydrogen-bond donors (Lipinski definition) is 2. The van der Waals surface area contributed by atoms with E-state index in [1.807, 2.05) is 42.5 Å². The highest BCUT2D eigenvalue weighted by molar-refractivity contribution is 7.80. The molecule has 2 aromatic carbocycles. The molecule has 22 heavy (non-hydrogen) atoms. The molecule has 0 unspecified atom stereocenters. The minimum Gasteiger partial charge on any atom is -0.361 e. The van der Waals surface area contributed by atoms with Gasteiger partial charge >= 0.3 is 0 Å². The van der Waals surface area contributed by atoms with Crippen molar-refractivity contribution in [3.05, 3.63) is 65.2 Å². The maximum atomic E-state index is 5.97. The van der Waals surface area contributed by atoms with Crippen LogP contribution < -0.4 is 10.6 Å². The maximum absolute atomic E-state index is 5.97. The van der Waals surface area contributed by atoms with Gasteiger partial charge in [-0.15, -0.1) is 0 Å². The Hall–Kier alpha value is -1.62. The summed E-state index contributed by atoms with van der Waals surface area (Å²) in [6.45, 7) is 0.726. The Bertz CT molecular complexity index is 616. The zero-order valence-corrected chi connectivity index (χ0v) is 14.3. The molecule has 0 fully saturated rings. The Labute approximate surface area is 142 Å². The summed E-state index contributed by atoms with van der Waals surface area (Å²) in [5, 5.41) is 7.68. The van der Waals surface area contributed by atoms with Crippen molar-refractivity contribution in [1.29, 1.82) is 0 Å². The molecule has 0 heterocycles. The van der Waals surface area contributed by atoms with Crippen LogP contribution in [0.5, 0.6) is 0 Å². The fraction of sp³-hybridized carbons (Fsp3) is 0.235. The Kier molecular flexibility index (Phi) is 6.19. The second-order valence-electron chi connectivity index (χ2n) is 5.24. The largest absolute Gasteiger partial charge is 0.361 e. The van der Waals surface area contributed by atoms with Gasteiger partial charge in [0, 0.05) is 17.3 Å². The highest BCUT2D eigenvalue weighted by atomic mass is 35.5. The number of nitrogens with one attached hydrogen (secondary N) is 2. The Morgan fingerprint density at radius 2 is 1.86 bits per heavy atom. The quantitative estimate of drug-likeness (QED) is 0.811. The van der Waals surface area contributed by atoms with E-state index in [9.17, 15) is 0 Å². The van der Waals surface area contributed by atoms with Crippen molar-refractivity contribution >= 4 is 34.6 Å². The number of rotatable bonds is 5. The zero-order valence-electron chi connectivity index (χ0n) is 12.7. The van der Waals surface area contributed by atoms with Crippen LogP contribution in [0.4, 0.5) is 5.69 Å². The SMILES string of the molecule is CN(C)[C@@H](CNC(=S)Nc1cccc(Cl)c1)c1ccccc1. The molecule has 1 atom stereocenters. The smallest absolute Gasteiger partial charge is 0.170 e. The molecule has 0 saturated carbocycles. The second kappa shape index (κ2) is 8.13. The lowest BCUT2D eigenvalue weighted by molar-refractivity contribution is 0.299. The normalized spacial score (nSPS) is 12.0. The van der Waals surface area contributed by atoms with Crippen LogP contribution in [0.2, 0.25) is 5.02 Å². The highest BCUT2D eigenvalue weighted by Gasteiger charge is 2.13. The lowest BCUT2D eigenvalue weighted by Crippen LogP contribution is -2.36. The van der Waals surface area contributed by atoms with Crippen LogP contribution in [-0.4, -0.2) is 30.7 Å². The third-order valence-electron chi connectivity index (χ3n) is 3.35. The molecule has 0 aliphatic heterocycles. The van der Waals surface area contributed by atoms with E-state index in [1.54, 1.807) is 0 Å². The summed E-state index contributed by atoms with van der Waals surface area (Å²) < 4.78 is 0. The van der Waals surface area contributed by atoms with Gasteiger partial charge in [-0.25, -0.2) is 0 Å². The van der Waals surface area contributed by atoms with Gasteiger partial charge in [-0.3, -0.25) is 0 Å². The predicted molar refractivity (Wildman–Crippen MR) is 98.5 cm³/mol.